The van der Waals surface area contributed by atoms with E-state index in [-0.39, 0.29) is 0 Å². The van der Waals surface area contributed by atoms with Gasteiger partial charge in [0.1, 0.15) is 5.75 Å². The summed E-state index contributed by atoms with van der Waals surface area (Å²) in [5.74, 6) is 0.360. The third-order valence-electron chi connectivity index (χ3n) is 4.69. The fourth-order valence-electron chi connectivity index (χ4n) is 3.55. The second kappa shape index (κ2) is 5.38. The fraction of sp³-hybridized carbons (Fsp3) is 0.529. The molecule has 1 aliphatic heterocycles. The van der Waals surface area contributed by atoms with E-state index in [2.05, 4.69) is 24.1 Å². The van der Waals surface area contributed by atoms with E-state index in [1.54, 1.807) is 23.3 Å². The molecule has 1 aromatic rings. The van der Waals surface area contributed by atoms with Gasteiger partial charge in [0.2, 0.25) is 0 Å². The molecular weight excluding hydrogens is 234 g/mol. The van der Waals surface area contributed by atoms with E-state index in [0.717, 1.165) is 6.42 Å². The standard InChI is InChI=1S/C17H23NO/c1-18-11-10-14-4-2-3-5-16(14)17(18)12-13-6-8-15(19)9-7-13/h6-9,17,19H,2-5,10-12H2,1H3. The van der Waals surface area contributed by atoms with Crippen LogP contribution in [0, 0.1) is 0 Å². The van der Waals surface area contributed by atoms with E-state index >= 15 is 0 Å². The van der Waals surface area contributed by atoms with E-state index in [1.807, 2.05) is 0 Å². The molecule has 102 valence electrons. The summed E-state index contributed by atoms with van der Waals surface area (Å²) in [5, 5.41) is 9.38. The summed E-state index contributed by atoms with van der Waals surface area (Å²) in [6, 6.07) is 8.29. The number of benzene rings is 1. The summed E-state index contributed by atoms with van der Waals surface area (Å²) in [5.41, 5.74) is 4.79. The summed E-state index contributed by atoms with van der Waals surface area (Å²) >= 11 is 0. The average Bonchev–Trinajstić information content (AvgIpc) is 2.44. The van der Waals surface area contributed by atoms with Crippen LogP contribution >= 0.6 is 0 Å². The lowest BCUT2D eigenvalue weighted by molar-refractivity contribution is 0.242. The van der Waals surface area contributed by atoms with E-state index in [9.17, 15) is 5.11 Å². The van der Waals surface area contributed by atoms with Gasteiger partial charge in [-0.3, -0.25) is 4.90 Å². The van der Waals surface area contributed by atoms with Crippen LogP contribution in [0.2, 0.25) is 0 Å². The maximum Gasteiger partial charge on any atom is 0.115 e. The molecule has 0 saturated heterocycles. The summed E-state index contributed by atoms with van der Waals surface area (Å²) in [6.45, 7) is 1.20. The second-order valence-electron chi connectivity index (χ2n) is 5.95. The third kappa shape index (κ3) is 2.69. The van der Waals surface area contributed by atoms with Gasteiger partial charge in [-0.05, 0) is 63.3 Å². The molecule has 0 fully saturated rings. The lowest BCUT2D eigenvalue weighted by Crippen LogP contribution is -2.40. The van der Waals surface area contributed by atoms with Gasteiger partial charge in [0.05, 0.1) is 0 Å². The van der Waals surface area contributed by atoms with Crippen molar-refractivity contribution in [2.45, 2.75) is 44.6 Å². The maximum absolute atomic E-state index is 9.38. The zero-order valence-corrected chi connectivity index (χ0v) is 11.7. The molecule has 2 heteroatoms. The summed E-state index contributed by atoms with van der Waals surface area (Å²) in [4.78, 5) is 2.51. The molecule has 0 bridgehead atoms. The average molecular weight is 257 g/mol. The van der Waals surface area contributed by atoms with Crippen molar-refractivity contribution in [2.24, 2.45) is 0 Å². The van der Waals surface area contributed by atoms with Crippen LogP contribution in [0.1, 0.15) is 37.7 Å². The molecule has 1 aliphatic carbocycles. The highest BCUT2D eigenvalue weighted by Crippen LogP contribution is 2.35. The normalized spacial score (nSPS) is 24.4. The van der Waals surface area contributed by atoms with Gasteiger partial charge in [-0.1, -0.05) is 23.3 Å². The second-order valence-corrected chi connectivity index (χ2v) is 5.95. The number of hydrogen-bond acceptors (Lipinski definition) is 2. The molecule has 1 N–H and O–H groups in total. The van der Waals surface area contributed by atoms with E-state index in [0.29, 0.717) is 11.8 Å². The van der Waals surface area contributed by atoms with Crippen LogP contribution in [0.15, 0.2) is 35.4 Å². The van der Waals surface area contributed by atoms with Crippen molar-refractivity contribution in [2.75, 3.05) is 13.6 Å². The van der Waals surface area contributed by atoms with Crippen LogP contribution in [0.3, 0.4) is 0 Å². The first kappa shape index (κ1) is 12.7. The Morgan fingerprint density at radius 1 is 1.11 bits per heavy atom. The minimum atomic E-state index is 0.360. The van der Waals surface area contributed by atoms with Gasteiger partial charge in [-0.25, -0.2) is 0 Å². The first-order valence-electron chi connectivity index (χ1n) is 7.43. The molecule has 0 amide bonds. The van der Waals surface area contributed by atoms with Crippen molar-refractivity contribution < 1.29 is 5.11 Å². The van der Waals surface area contributed by atoms with Crippen LogP contribution < -0.4 is 0 Å². The molecule has 2 nitrogen and oxygen atoms in total. The van der Waals surface area contributed by atoms with Gasteiger partial charge in [-0.15, -0.1) is 0 Å². The minimum Gasteiger partial charge on any atom is -0.508 e. The van der Waals surface area contributed by atoms with Crippen molar-refractivity contribution >= 4 is 0 Å². The molecule has 19 heavy (non-hydrogen) atoms. The summed E-state index contributed by atoms with van der Waals surface area (Å²) in [6.07, 6.45) is 7.72. The Balaban J connectivity index is 1.82. The van der Waals surface area contributed by atoms with Gasteiger partial charge in [0.15, 0.2) is 0 Å². The molecule has 1 heterocycles. The predicted octanol–water partition coefficient (Wildman–Crippen LogP) is 3.51. The van der Waals surface area contributed by atoms with Gasteiger partial charge < -0.3 is 5.11 Å². The van der Waals surface area contributed by atoms with E-state index < -0.39 is 0 Å². The van der Waals surface area contributed by atoms with Crippen LogP contribution in [-0.4, -0.2) is 29.6 Å². The van der Waals surface area contributed by atoms with Gasteiger partial charge >= 0.3 is 0 Å². The number of likely N-dealkylation sites (N-methyl/N-ethyl adjacent to an activating group) is 1. The van der Waals surface area contributed by atoms with Crippen molar-refractivity contribution in [1.82, 2.24) is 4.90 Å². The lowest BCUT2D eigenvalue weighted by Gasteiger charge is -2.39. The number of phenolic OH excluding ortho intramolecular Hbond substituents is 1. The monoisotopic (exact) mass is 257 g/mol. The Kier molecular flexibility index (Phi) is 3.61. The minimum absolute atomic E-state index is 0.360. The van der Waals surface area contributed by atoms with Crippen molar-refractivity contribution in [1.29, 1.82) is 0 Å². The quantitative estimate of drug-likeness (QED) is 0.820. The SMILES string of the molecule is CN1CCC2=C(CCCC2)C1Cc1ccc(O)cc1. The Labute approximate surface area is 115 Å². The van der Waals surface area contributed by atoms with Gasteiger partial charge in [-0.2, -0.15) is 0 Å². The molecule has 1 aromatic carbocycles. The number of phenols is 1. The zero-order valence-electron chi connectivity index (χ0n) is 11.7. The molecular formula is C17H23NO. The largest absolute Gasteiger partial charge is 0.508 e. The molecule has 0 spiro atoms. The van der Waals surface area contributed by atoms with Crippen LogP contribution in [0.25, 0.3) is 0 Å². The van der Waals surface area contributed by atoms with Crippen LogP contribution in [-0.2, 0) is 6.42 Å². The van der Waals surface area contributed by atoms with Crippen molar-refractivity contribution in [3.05, 3.63) is 41.0 Å². The number of nitrogens with zero attached hydrogens (tertiary/aromatic N) is 1. The molecule has 2 aliphatic rings. The molecule has 0 radical (unpaired) electrons. The Hall–Kier alpha value is -1.28. The summed E-state index contributed by atoms with van der Waals surface area (Å²) < 4.78 is 0. The van der Waals surface area contributed by atoms with Gasteiger partial charge in [0.25, 0.3) is 0 Å². The molecule has 3 rings (SSSR count). The first-order valence-corrected chi connectivity index (χ1v) is 7.43. The Bertz CT molecular complexity index is 475. The van der Waals surface area contributed by atoms with E-state index in [1.165, 1.54) is 44.2 Å². The number of aromatic hydroxyl groups is 1. The highest BCUT2D eigenvalue weighted by atomic mass is 16.3. The number of rotatable bonds is 2. The molecule has 1 unspecified atom stereocenters. The highest BCUT2D eigenvalue weighted by Gasteiger charge is 2.28. The molecule has 1 atom stereocenters. The fourth-order valence-corrected chi connectivity index (χ4v) is 3.55. The lowest BCUT2D eigenvalue weighted by atomic mass is 9.81. The summed E-state index contributed by atoms with van der Waals surface area (Å²) in [7, 11) is 2.25. The zero-order chi connectivity index (χ0) is 13.2. The van der Waals surface area contributed by atoms with Crippen molar-refractivity contribution in [3.8, 4) is 5.75 Å². The van der Waals surface area contributed by atoms with E-state index in [4.69, 9.17) is 0 Å². The Morgan fingerprint density at radius 3 is 2.63 bits per heavy atom. The van der Waals surface area contributed by atoms with Crippen LogP contribution in [0.4, 0.5) is 0 Å². The molecule has 0 saturated carbocycles. The highest BCUT2D eigenvalue weighted by molar-refractivity contribution is 5.31. The topological polar surface area (TPSA) is 23.5 Å². The molecule has 0 aromatic heterocycles. The Morgan fingerprint density at radius 2 is 1.84 bits per heavy atom. The van der Waals surface area contributed by atoms with Gasteiger partial charge in [0, 0.05) is 12.6 Å². The first-order chi connectivity index (χ1) is 9.24. The predicted molar refractivity (Wildman–Crippen MR) is 78.3 cm³/mol. The maximum atomic E-state index is 9.38. The third-order valence-corrected chi connectivity index (χ3v) is 4.69. The van der Waals surface area contributed by atoms with Crippen LogP contribution in [0.5, 0.6) is 5.75 Å². The smallest absolute Gasteiger partial charge is 0.115 e. The van der Waals surface area contributed by atoms with Crippen molar-refractivity contribution in [3.63, 3.8) is 0 Å². The number of hydrogen-bond donors (Lipinski definition) is 1.